The number of anilines is 1. The summed E-state index contributed by atoms with van der Waals surface area (Å²) in [5.41, 5.74) is 0.684. The summed E-state index contributed by atoms with van der Waals surface area (Å²) in [4.78, 5) is 38.9. The van der Waals surface area contributed by atoms with Crippen molar-refractivity contribution in [1.29, 1.82) is 0 Å². The van der Waals surface area contributed by atoms with Crippen LogP contribution in [0.2, 0.25) is 5.15 Å². The van der Waals surface area contributed by atoms with E-state index in [9.17, 15) is 14.0 Å². The van der Waals surface area contributed by atoms with E-state index in [0.29, 0.717) is 42.4 Å². The zero-order chi connectivity index (χ0) is 29.4. The first-order valence-corrected chi connectivity index (χ1v) is 14.2. The minimum Gasteiger partial charge on any atom is -0.420 e. The summed E-state index contributed by atoms with van der Waals surface area (Å²) in [6, 6.07) is 0.904. The van der Waals surface area contributed by atoms with Gasteiger partial charge in [0.25, 0.3) is 17.4 Å². The molecule has 0 radical (unpaired) electrons. The van der Waals surface area contributed by atoms with Crippen LogP contribution in [0.25, 0.3) is 11.6 Å². The Kier molecular flexibility index (Phi) is 11.2. The predicted octanol–water partition coefficient (Wildman–Crippen LogP) is 5.45. The van der Waals surface area contributed by atoms with Crippen molar-refractivity contribution in [2.24, 2.45) is 11.8 Å². The summed E-state index contributed by atoms with van der Waals surface area (Å²) >= 11 is 5.44. The molecule has 1 aliphatic rings. The van der Waals surface area contributed by atoms with Crippen molar-refractivity contribution < 1.29 is 13.6 Å². The van der Waals surface area contributed by atoms with E-state index >= 15 is 0 Å². The molecule has 1 aliphatic heterocycles. The van der Waals surface area contributed by atoms with Gasteiger partial charge in [-0.2, -0.15) is 0 Å². The maximum absolute atomic E-state index is 13.3. The van der Waals surface area contributed by atoms with Crippen LogP contribution in [-0.2, 0) is 0 Å². The summed E-state index contributed by atoms with van der Waals surface area (Å²) in [7, 11) is 0. The van der Waals surface area contributed by atoms with Gasteiger partial charge in [-0.15, -0.1) is 10.2 Å². The first-order valence-electron chi connectivity index (χ1n) is 13.8. The van der Waals surface area contributed by atoms with Crippen LogP contribution >= 0.6 is 11.6 Å². The molecule has 0 aromatic carbocycles. The van der Waals surface area contributed by atoms with Crippen molar-refractivity contribution in [3.05, 3.63) is 50.7 Å². The van der Waals surface area contributed by atoms with Crippen molar-refractivity contribution in [3.63, 3.8) is 0 Å². The Balaban J connectivity index is 0.000000225. The molecule has 1 saturated heterocycles. The maximum atomic E-state index is 13.3. The number of carbonyl (C=O) groups excluding carboxylic acids is 1. The van der Waals surface area contributed by atoms with E-state index < -0.39 is 17.3 Å². The number of nitrogens with one attached hydrogen (secondary N) is 1. The predicted molar refractivity (Wildman–Crippen MR) is 153 cm³/mol. The number of piperidine rings is 1. The zero-order valence-electron chi connectivity index (χ0n) is 24.1. The van der Waals surface area contributed by atoms with Crippen molar-refractivity contribution >= 4 is 23.3 Å². The number of carbonyl (C=O) groups is 1. The summed E-state index contributed by atoms with van der Waals surface area (Å²) in [5.74, 6) is 1.89. The highest BCUT2D eigenvalue weighted by Gasteiger charge is 2.24. The number of amides is 1. The first-order chi connectivity index (χ1) is 19.0. The second-order valence-corrected chi connectivity index (χ2v) is 10.8. The van der Waals surface area contributed by atoms with Gasteiger partial charge in [0.1, 0.15) is 22.2 Å². The standard InChI is InChI=1S/C16H25N5O.C12H14ClFN2O2/c1-6-8-21(10-11(3)7-2)15-12(4)18-14(9-17-15)16-20-19-13(5)22-16;1-7-2-4-16(5-3-7)12(18)8-6-9(14)10(13)15-11(8)17/h9,11H,6-8,10H2,1-5H3;6-7H,2-5H2,1H3,(H,15,17). The molecule has 40 heavy (non-hydrogen) atoms. The molecule has 1 amide bonds. The Hall–Kier alpha value is -3.34. The third kappa shape index (κ3) is 8.09. The van der Waals surface area contributed by atoms with Crippen molar-refractivity contribution in [3.8, 4) is 11.6 Å². The number of pyridine rings is 1. The number of rotatable bonds is 8. The molecule has 1 fully saturated rings. The summed E-state index contributed by atoms with van der Waals surface area (Å²) in [6.45, 7) is 15.7. The number of halogens is 2. The number of hydrogen-bond donors (Lipinski definition) is 1. The Morgan fingerprint density at radius 1 is 1.27 bits per heavy atom. The Morgan fingerprint density at radius 3 is 2.55 bits per heavy atom. The highest BCUT2D eigenvalue weighted by molar-refractivity contribution is 6.29. The van der Waals surface area contributed by atoms with Crippen LogP contribution in [0, 0.1) is 31.5 Å². The number of aromatic amines is 1. The SMILES string of the molecule is CC1CCN(C(=O)c2cc(F)c(Cl)[nH]c2=O)CC1.CCCN(CC(C)CC)c1ncc(-c2nnc(C)o2)nc1C. The normalized spacial score (nSPS) is 14.4. The molecule has 3 aromatic rings. The number of aromatic nitrogens is 5. The average molecular weight is 576 g/mol. The van der Waals surface area contributed by atoms with E-state index in [4.69, 9.17) is 16.0 Å². The van der Waals surface area contributed by atoms with Crippen LogP contribution in [0.5, 0.6) is 0 Å². The number of nitrogens with zero attached hydrogens (tertiary/aromatic N) is 6. The van der Waals surface area contributed by atoms with E-state index in [1.807, 2.05) is 6.92 Å². The number of likely N-dealkylation sites (tertiary alicyclic amines) is 1. The zero-order valence-corrected chi connectivity index (χ0v) is 24.9. The molecule has 0 spiro atoms. The smallest absolute Gasteiger partial charge is 0.267 e. The van der Waals surface area contributed by atoms with Gasteiger partial charge in [-0.3, -0.25) is 9.59 Å². The second-order valence-electron chi connectivity index (χ2n) is 10.4. The summed E-state index contributed by atoms with van der Waals surface area (Å²) < 4.78 is 18.7. The fourth-order valence-corrected chi connectivity index (χ4v) is 4.51. The van der Waals surface area contributed by atoms with Gasteiger partial charge >= 0.3 is 0 Å². The lowest BCUT2D eigenvalue weighted by atomic mass is 9.99. The first kappa shape index (κ1) is 31.2. The van der Waals surface area contributed by atoms with Crippen molar-refractivity contribution in [1.82, 2.24) is 30.0 Å². The summed E-state index contributed by atoms with van der Waals surface area (Å²) in [5, 5.41) is 7.46. The molecule has 1 N–H and O–H groups in total. The highest BCUT2D eigenvalue weighted by atomic mass is 35.5. The number of hydrogen-bond acceptors (Lipinski definition) is 8. The molecule has 1 unspecified atom stereocenters. The molecule has 218 valence electrons. The summed E-state index contributed by atoms with van der Waals surface area (Å²) in [6.07, 6.45) is 5.77. The van der Waals surface area contributed by atoms with E-state index in [1.54, 1.807) is 18.0 Å². The van der Waals surface area contributed by atoms with Crippen LogP contribution in [0.3, 0.4) is 0 Å². The Labute approximate surface area is 239 Å². The lowest BCUT2D eigenvalue weighted by molar-refractivity contribution is 0.0695. The molecule has 4 heterocycles. The van der Waals surface area contributed by atoms with Gasteiger partial charge in [0, 0.05) is 33.1 Å². The van der Waals surface area contributed by atoms with Gasteiger partial charge in [0.2, 0.25) is 5.89 Å². The molecule has 0 aliphatic carbocycles. The lowest BCUT2D eigenvalue weighted by Gasteiger charge is -2.30. The minimum atomic E-state index is -0.787. The molecule has 0 bridgehead atoms. The van der Waals surface area contributed by atoms with Gasteiger partial charge in [-0.25, -0.2) is 14.4 Å². The molecule has 12 heteroatoms. The Bertz CT molecular complexity index is 1340. The van der Waals surface area contributed by atoms with E-state index in [-0.39, 0.29) is 10.7 Å². The van der Waals surface area contributed by atoms with Gasteiger partial charge in [-0.05, 0) is 44.1 Å². The molecular formula is C28H39ClFN7O3. The molecule has 3 aromatic heterocycles. The van der Waals surface area contributed by atoms with E-state index in [0.717, 1.165) is 56.4 Å². The Morgan fingerprint density at radius 2 is 1.98 bits per heavy atom. The molecule has 1 atom stereocenters. The third-order valence-corrected chi connectivity index (χ3v) is 7.21. The largest absolute Gasteiger partial charge is 0.420 e. The second kappa shape index (κ2) is 14.3. The van der Waals surface area contributed by atoms with Crippen LogP contribution in [0.15, 0.2) is 21.5 Å². The average Bonchev–Trinajstić information content (AvgIpc) is 3.37. The van der Waals surface area contributed by atoms with Gasteiger partial charge in [0.15, 0.2) is 5.82 Å². The van der Waals surface area contributed by atoms with Crippen molar-refractivity contribution in [2.45, 2.75) is 67.2 Å². The fourth-order valence-electron chi connectivity index (χ4n) is 4.37. The molecule has 0 saturated carbocycles. The maximum Gasteiger partial charge on any atom is 0.267 e. The van der Waals surface area contributed by atoms with Crippen molar-refractivity contribution in [2.75, 3.05) is 31.1 Å². The van der Waals surface area contributed by atoms with Gasteiger partial charge in [-0.1, -0.05) is 45.7 Å². The third-order valence-electron chi connectivity index (χ3n) is 6.94. The number of H-pyrrole nitrogens is 1. The molecule has 4 rings (SSSR count). The van der Waals surface area contributed by atoms with Crippen LogP contribution in [0.1, 0.15) is 75.3 Å². The van der Waals surface area contributed by atoms with Gasteiger partial charge < -0.3 is 19.2 Å². The van der Waals surface area contributed by atoms with Crippen LogP contribution in [-0.4, -0.2) is 62.1 Å². The van der Waals surface area contributed by atoms with Gasteiger partial charge in [0.05, 0.1) is 11.9 Å². The van der Waals surface area contributed by atoms with E-state index in [2.05, 4.69) is 57.7 Å². The van der Waals surface area contributed by atoms with E-state index in [1.165, 1.54) is 0 Å². The fraction of sp³-hybridized carbons (Fsp3) is 0.571. The van der Waals surface area contributed by atoms with Crippen LogP contribution < -0.4 is 10.5 Å². The quantitative estimate of drug-likeness (QED) is 0.352. The highest BCUT2D eigenvalue weighted by Crippen LogP contribution is 2.22. The minimum absolute atomic E-state index is 0.188. The molecular weight excluding hydrogens is 537 g/mol. The topological polar surface area (TPSA) is 121 Å². The number of aryl methyl sites for hydroxylation is 2. The molecule has 10 nitrogen and oxygen atoms in total. The van der Waals surface area contributed by atoms with Crippen LogP contribution in [0.4, 0.5) is 10.2 Å². The monoisotopic (exact) mass is 575 g/mol. The lowest BCUT2D eigenvalue weighted by Crippen LogP contribution is -2.40.